The lowest BCUT2D eigenvalue weighted by atomic mass is 10.1. The van der Waals surface area contributed by atoms with Crippen molar-refractivity contribution in [1.82, 2.24) is 19.7 Å². The molecule has 0 fully saturated rings. The van der Waals surface area contributed by atoms with Crippen LogP contribution >= 0.6 is 11.6 Å². The van der Waals surface area contributed by atoms with E-state index < -0.39 is 0 Å². The Morgan fingerprint density at radius 3 is 2.62 bits per heavy atom. The summed E-state index contributed by atoms with van der Waals surface area (Å²) < 4.78 is 1.65. The number of pyridine rings is 1. The molecule has 0 aliphatic heterocycles. The lowest BCUT2D eigenvalue weighted by Gasteiger charge is -2.06. The molecule has 120 valence electrons. The van der Waals surface area contributed by atoms with Gasteiger partial charge in [-0.05, 0) is 29.8 Å². The van der Waals surface area contributed by atoms with E-state index in [1.165, 1.54) is 6.33 Å². The molecule has 0 bridgehead atoms. The molecule has 3 rings (SSSR count). The third-order valence-corrected chi connectivity index (χ3v) is 3.41. The van der Waals surface area contributed by atoms with Crippen molar-refractivity contribution in [3.05, 3.63) is 77.6 Å². The van der Waals surface area contributed by atoms with E-state index in [1.54, 1.807) is 35.4 Å². The molecule has 0 aliphatic rings. The van der Waals surface area contributed by atoms with E-state index in [1.807, 2.05) is 24.3 Å². The fourth-order valence-corrected chi connectivity index (χ4v) is 2.10. The predicted molar refractivity (Wildman–Crippen MR) is 93.0 cm³/mol. The Hall–Kier alpha value is -3.06. The molecule has 3 aromatic rings. The van der Waals surface area contributed by atoms with Crippen molar-refractivity contribution in [2.45, 2.75) is 6.54 Å². The maximum atomic E-state index is 5.94. The zero-order valence-corrected chi connectivity index (χ0v) is 13.4. The Morgan fingerprint density at radius 2 is 1.96 bits per heavy atom. The first-order chi connectivity index (χ1) is 11.7. The van der Waals surface area contributed by atoms with Gasteiger partial charge in [0, 0.05) is 11.2 Å². The van der Waals surface area contributed by atoms with Crippen molar-refractivity contribution < 1.29 is 0 Å². The first kappa shape index (κ1) is 15.8. The molecule has 1 aromatic carbocycles. The van der Waals surface area contributed by atoms with E-state index in [-0.39, 0.29) is 5.84 Å². The van der Waals surface area contributed by atoms with Crippen LogP contribution in [0.5, 0.6) is 0 Å². The van der Waals surface area contributed by atoms with Crippen molar-refractivity contribution in [3.63, 3.8) is 0 Å². The second kappa shape index (κ2) is 7.47. The van der Waals surface area contributed by atoms with Gasteiger partial charge in [0.1, 0.15) is 18.3 Å². The number of nitrogens with zero attached hydrogens (tertiary/aromatic N) is 6. The first-order valence-corrected chi connectivity index (χ1v) is 7.50. The highest BCUT2D eigenvalue weighted by Gasteiger charge is 2.07. The highest BCUT2D eigenvalue weighted by molar-refractivity contribution is 6.30. The van der Waals surface area contributed by atoms with Crippen molar-refractivity contribution >= 4 is 23.1 Å². The topological polar surface area (TPSA) is 94.3 Å². The monoisotopic (exact) mass is 339 g/mol. The van der Waals surface area contributed by atoms with Gasteiger partial charge in [0.2, 0.25) is 0 Å². The van der Waals surface area contributed by atoms with Crippen LogP contribution in [0.15, 0.2) is 71.5 Å². The van der Waals surface area contributed by atoms with E-state index in [0.29, 0.717) is 23.0 Å². The molecule has 2 aromatic heterocycles. The highest BCUT2D eigenvalue weighted by atomic mass is 35.5. The number of amidine groups is 1. The van der Waals surface area contributed by atoms with E-state index in [2.05, 4.69) is 25.3 Å². The SMILES string of the molecule is N/C(=N\N=C(/Cn1cncn1)c1ccc(Cl)cc1)c1ccccn1. The van der Waals surface area contributed by atoms with E-state index in [0.717, 1.165) is 5.56 Å². The summed E-state index contributed by atoms with van der Waals surface area (Å²) in [7, 11) is 0. The molecule has 2 N–H and O–H groups in total. The number of rotatable bonds is 5. The van der Waals surface area contributed by atoms with E-state index in [9.17, 15) is 0 Å². The largest absolute Gasteiger partial charge is 0.380 e. The van der Waals surface area contributed by atoms with Gasteiger partial charge in [-0.2, -0.15) is 10.2 Å². The minimum atomic E-state index is 0.237. The van der Waals surface area contributed by atoms with Crippen LogP contribution in [0.3, 0.4) is 0 Å². The summed E-state index contributed by atoms with van der Waals surface area (Å²) in [6.07, 6.45) is 4.72. The highest BCUT2D eigenvalue weighted by Crippen LogP contribution is 2.11. The average molecular weight is 340 g/mol. The molecule has 0 saturated heterocycles. The lowest BCUT2D eigenvalue weighted by molar-refractivity contribution is 0.720. The predicted octanol–water partition coefficient (Wildman–Crippen LogP) is 2.14. The van der Waals surface area contributed by atoms with Crippen molar-refractivity contribution in [2.75, 3.05) is 0 Å². The molecule has 0 saturated carbocycles. The van der Waals surface area contributed by atoms with Crippen LogP contribution < -0.4 is 5.73 Å². The average Bonchev–Trinajstić information content (AvgIpc) is 3.13. The summed E-state index contributed by atoms with van der Waals surface area (Å²) in [4.78, 5) is 8.08. The Bertz CT molecular complexity index is 840. The van der Waals surface area contributed by atoms with E-state index >= 15 is 0 Å². The smallest absolute Gasteiger partial charge is 0.171 e. The molecular weight excluding hydrogens is 326 g/mol. The van der Waals surface area contributed by atoms with Crippen molar-refractivity contribution in [3.8, 4) is 0 Å². The van der Waals surface area contributed by atoms with Gasteiger partial charge in [-0.25, -0.2) is 9.67 Å². The normalized spacial score (nSPS) is 12.4. The van der Waals surface area contributed by atoms with Crippen LogP contribution in [0.25, 0.3) is 0 Å². The Balaban J connectivity index is 1.92. The molecular formula is C16H14ClN7. The maximum Gasteiger partial charge on any atom is 0.171 e. The molecule has 2 heterocycles. The molecule has 0 amide bonds. The van der Waals surface area contributed by atoms with Crippen molar-refractivity contribution in [1.29, 1.82) is 0 Å². The number of hydrogen-bond donors (Lipinski definition) is 1. The molecule has 0 spiro atoms. The number of aromatic nitrogens is 4. The maximum absolute atomic E-state index is 5.94. The Morgan fingerprint density at radius 1 is 1.12 bits per heavy atom. The molecule has 0 radical (unpaired) electrons. The van der Waals surface area contributed by atoms with Gasteiger partial charge in [0.05, 0.1) is 12.3 Å². The minimum Gasteiger partial charge on any atom is -0.380 e. The summed E-state index contributed by atoms with van der Waals surface area (Å²) in [6.45, 7) is 0.403. The standard InChI is InChI=1S/C16H14ClN7/c17-13-6-4-12(5-7-13)15(9-24-11-19-10-21-24)22-23-16(18)14-3-1-2-8-20-14/h1-8,10-11H,9H2,(H2,18,23)/b22-15+. The number of nitrogens with two attached hydrogens (primary N) is 1. The Labute approximate surface area is 143 Å². The van der Waals surface area contributed by atoms with Crippen LogP contribution in [0, 0.1) is 0 Å². The van der Waals surface area contributed by atoms with Gasteiger partial charge in [-0.3, -0.25) is 4.98 Å². The summed E-state index contributed by atoms with van der Waals surface area (Å²) in [5, 5.41) is 13.1. The lowest BCUT2D eigenvalue weighted by Crippen LogP contribution is -2.16. The summed E-state index contributed by atoms with van der Waals surface area (Å²) in [6, 6.07) is 12.7. The summed E-state index contributed by atoms with van der Waals surface area (Å²) in [5.74, 6) is 0.237. The number of hydrogen-bond acceptors (Lipinski definition) is 5. The fourth-order valence-electron chi connectivity index (χ4n) is 1.97. The van der Waals surface area contributed by atoms with Crippen molar-refractivity contribution in [2.24, 2.45) is 15.9 Å². The third-order valence-electron chi connectivity index (χ3n) is 3.16. The first-order valence-electron chi connectivity index (χ1n) is 7.12. The minimum absolute atomic E-state index is 0.237. The molecule has 0 aliphatic carbocycles. The molecule has 0 unspecified atom stereocenters. The second-order valence-electron chi connectivity index (χ2n) is 4.85. The number of benzene rings is 1. The fraction of sp³-hybridized carbons (Fsp3) is 0.0625. The zero-order valence-electron chi connectivity index (χ0n) is 12.6. The van der Waals surface area contributed by atoms with Gasteiger partial charge in [0.25, 0.3) is 0 Å². The van der Waals surface area contributed by atoms with Gasteiger partial charge < -0.3 is 5.73 Å². The quantitative estimate of drug-likeness (QED) is 0.437. The molecule has 24 heavy (non-hydrogen) atoms. The van der Waals surface area contributed by atoms with E-state index in [4.69, 9.17) is 17.3 Å². The zero-order chi connectivity index (χ0) is 16.8. The second-order valence-corrected chi connectivity index (χ2v) is 5.28. The number of halogens is 1. The molecule has 8 heteroatoms. The third kappa shape index (κ3) is 4.02. The van der Waals surface area contributed by atoms with Gasteiger partial charge in [-0.1, -0.05) is 29.8 Å². The van der Waals surface area contributed by atoms with Gasteiger partial charge >= 0.3 is 0 Å². The molecule has 0 atom stereocenters. The van der Waals surface area contributed by atoms with Crippen LogP contribution in [0.1, 0.15) is 11.3 Å². The van der Waals surface area contributed by atoms with Crippen LogP contribution in [0.4, 0.5) is 0 Å². The molecule has 7 nitrogen and oxygen atoms in total. The van der Waals surface area contributed by atoms with Crippen LogP contribution in [-0.2, 0) is 6.54 Å². The van der Waals surface area contributed by atoms with Gasteiger partial charge in [0.15, 0.2) is 5.84 Å². The van der Waals surface area contributed by atoms with Crippen LogP contribution in [-0.4, -0.2) is 31.3 Å². The summed E-state index contributed by atoms with van der Waals surface area (Å²) in [5.41, 5.74) is 8.06. The van der Waals surface area contributed by atoms with Crippen LogP contribution in [0.2, 0.25) is 5.02 Å². The van der Waals surface area contributed by atoms with Gasteiger partial charge in [-0.15, -0.1) is 5.10 Å². The summed E-state index contributed by atoms with van der Waals surface area (Å²) >= 11 is 5.94. The Kier molecular flexibility index (Phi) is 4.93.